The Balaban J connectivity index is 1.71. The van der Waals surface area contributed by atoms with Gasteiger partial charge in [-0.3, -0.25) is 4.79 Å². The van der Waals surface area contributed by atoms with Gasteiger partial charge in [-0.1, -0.05) is 73.5 Å². The summed E-state index contributed by atoms with van der Waals surface area (Å²) in [4.78, 5) is 16.6. The van der Waals surface area contributed by atoms with Gasteiger partial charge in [-0.25, -0.2) is 0 Å². The van der Waals surface area contributed by atoms with Crippen LogP contribution in [0.1, 0.15) is 35.9 Å². The summed E-state index contributed by atoms with van der Waals surface area (Å²) in [5.74, 6) is 1.72. The number of hydrogen-bond acceptors (Lipinski definition) is 2. The lowest BCUT2D eigenvalue weighted by atomic mass is 10.1. The Labute approximate surface area is 178 Å². The van der Waals surface area contributed by atoms with Gasteiger partial charge in [-0.05, 0) is 13.0 Å². The standard InChI is InChI=1S/C23H29ClN2OS/c1-17(2)14-25(15-19-10-8-18(3)9-11-19)16-22(27)26-12-13-28-23(26)20-6-4-5-7-21(20)24/h4-11,17,23H,12-16H2,1-3H3/p+1/t23-/m1/s1. The van der Waals surface area contributed by atoms with Crippen LogP contribution < -0.4 is 4.90 Å². The summed E-state index contributed by atoms with van der Waals surface area (Å²) in [5, 5.41) is 0.770. The quantitative estimate of drug-likeness (QED) is 0.737. The average molecular weight is 418 g/mol. The van der Waals surface area contributed by atoms with Gasteiger partial charge in [0.05, 0.1) is 6.54 Å². The molecule has 3 rings (SSSR count). The van der Waals surface area contributed by atoms with Crippen LogP contribution in [0.3, 0.4) is 0 Å². The SMILES string of the molecule is Cc1ccc(C[NH+](CC(=O)N2CCS[C@@H]2c2ccccc2Cl)CC(C)C)cc1. The average Bonchev–Trinajstić information content (AvgIpc) is 3.13. The van der Waals surface area contributed by atoms with Gasteiger partial charge in [0.25, 0.3) is 5.91 Å². The third-order valence-electron chi connectivity index (χ3n) is 5.06. The molecule has 1 amide bonds. The zero-order valence-corrected chi connectivity index (χ0v) is 18.5. The van der Waals surface area contributed by atoms with Crippen LogP contribution in [-0.4, -0.2) is 36.2 Å². The first-order chi connectivity index (χ1) is 13.4. The molecule has 1 saturated heterocycles. The molecule has 0 spiro atoms. The Morgan fingerprint density at radius 1 is 1.21 bits per heavy atom. The maximum absolute atomic E-state index is 13.2. The van der Waals surface area contributed by atoms with E-state index in [2.05, 4.69) is 45.0 Å². The normalized spacial score (nSPS) is 17.9. The molecule has 28 heavy (non-hydrogen) atoms. The largest absolute Gasteiger partial charge is 0.323 e. The minimum atomic E-state index is 0.0286. The second-order valence-electron chi connectivity index (χ2n) is 8.02. The molecule has 0 radical (unpaired) electrons. The number of benzene rings is 2. The number of hydrogen-bond donors (Lipinski definition) is 1. The maximum atomic E-state index is 13.2. The van der Waals surface area contributed by atoms with E-state index in [4.69, 9.17) is 11.6 Å². The van der Waals surface area contributed by atoms with Crippen LogP contribution in [0.5, 0.6) is 0 Å². The predicted octanol–water partition coefficient (Wildman–Crippen LogP) is 3.96. The van der Waals surface area contributed by atoms with Gasteiger partial charge in [0.2, 0.25) is 0 Å². The van der Waals surface area contributed by atoms with Gasteiger partial charge in [0, 0.05) is 34.4 Å². The molecule has 5 heteroatoms. The molecule has 1 aliphatic heterocycles. The van der Waals surface area contributed by atoms with Gasteiger partial charge >= 0.3 is 0 Å². The van der Waals surface area contributed by atoms with Crippen molar-refractivity contribution in [3.63, 3.8) is 0 Å². The van der Waals surface area contributed by atoms with Crippen molar-refractivity contribution >= 4 is 29.3 Å². The van der Waals surface area contributed by atoms with Crippen molar-refractivity contribution in [2.45, 2.75) is 32.7 Å². The molecule has 1 fully saturated rings. The number of quaternary nitrogens is 1. The number of carbonyl (C=O) groups excluding carboxylic acids is 1. The van der Waals surface area contributed by atoms with Crippen LogP contribution in [0.25, 0.3) is 0 Å². The van der Waals surface area contributed by atoms with Gasteiger partial charge in [0.1, 0.15) is 11.9 Å². The van der Waals surface area contributed by atoms with Crippen molar-refractivity contribution in [1.29, 1.82) is 0 Å². The first-order valence-corrected chi connectivity index (χ1v) is 11.4. The number of amides is 1. The molecule has 1 heterocycles. The van der Waals surface area contributed by atoms with Crippen LogP contribution in [0, 0.1) is 12.8 Å². The smallest absolute Gasteiger partial charge is 0.278 e. The second kappa shape index (κ2) is 9.82. The van der Waals surface area contributed by atoms with E-state index in [0.29, 0.717) is 12.5 Å². The van der Waals surface area contributed by atoms with Gasteiger partial charge < -0.3 is 9.80 Å². The number of aryl methyl sites for hydroxylation is 1. The molecule has 1 unspecified atom stereocenters. The molecular weight excluding hydrogens is 388 g/mol. The van der Waals surface area contributed by atoms with E-state index in [1.165, 1.54) is 16.0 Å². The summed E-state index contributed by atoms with van der Waals surface area (Å²) >= 11 is 8.22. The number of halogens is 1. The number of nitrogens with one attached hydrogen (secondary N) is 1. The molecule has 0 aromatic heterocycles. The van der Waals surface area contributed by atoms with E-state index in [1.807, 2.05) is 29.2 Å². The summed E-state index contributed by atoms with van der Waals surface area (Å²) in [6.07, 6.45) is 0. The van der Waals surface area contributed by atoms with Crippen molar-refractivity contribution in [1.82, 2.24) is 4.90 Å². The summed E-state index contributed by atoms with van der Waals surface area (Å²) in [5.41, 5.74) is 3.60. The van der Waals surface area contributed by atoms with E-state index in [9.17, 15) is 4.79 Å². The molecule has 1 N–H and O–H groups in total. The zero-order chi connectivity index (χ0) is 20.1. The van der Waals surface area contributed by atoms with Crippen molar-refractivity contribution in [3.8, 4) is 0 Å². The van der Waals surface area contributed by atoms with Gasteiger partial charge in [-0.15, -0.1) is 11.8 Å². The van der Waals surface area contributed by atoms with Crippen molar-refractivity contribution in [3.05, 3.63) is 70.2 Å². The minimum absolute atomic E-state index is 0.0286. The molecule has 3 nitrogen and oxygen atoms in total. The Kier molecular flexibility index (Phi) is 7.44. The molecule has 150 valence electrons. The second-order valence-corrected chi connectivity index (χ2v) is 9.61. The topological polar surface area (TPSA) is 24.8 Å². The fourth-order valence-corrected chi connectivity index (χ4v) is 5.37. The summed E-state index contributed by atoms with van der Waals surface area (Å²) in [7, 11) is 0. The number of nitrogens with zero attached hydrogens (tertiary/aromatic N) is 1. The maximum Gasteiger partial charge on any atom is 0.278 e. The lowest BCUT2D eigenvalue weighted by Crippen LogP contribution is -3.12. The highest BCUT2D eigenvalue weighted by molar-refractivity contribution is 7.99. The Hall–Kier alpha value is -1.49. The minimum Gasteiger partial charge on any atom is -0.323 e. The Morgan fingerprint density at radius 3 is 2.61 bits per heavy atom. The number of carbonyl (C=O) groups is 1. The molecule has 0 saturated carbocycles. The van der Waals surface area contributed by atoms with Crippen LogP contribution >= 0.6 is 23.4 Å². The molecule has 0 aliphatic carbocycles. The van der Waals surface area contributed by atoms with Crippen LogP contribution in [-0.2, 0) is 11.3 Å². The lowest BCUT2D eigenvalue weighted by Gasteiger charge is -2.28. The van der Waals surface area contributed by atoms with Crippen LogP contribution in [0.2, 0.25) is 5.02 Å². The summed E-state index contributed by atoms with van der Waals surface area (Å²) < 4.78 is 0. The van der Waals surface area contributed by atoms with E-state index in [-0.39, 0.29) is 11.3 Å². The van der Waals surface area contributed by atoms with E-state index >= 15 is 0 Å². The van der Waals surface area contributed by atoms with E-state index in [0.717, 1.165) is 36.0 Å². The summed E-state index contributed by atoms with van der Waals surface area (Å²) in [6.45, 7) is 9.72. The highest BCUT2D eigenvalue weighted by atomic mass is 35.5. The fraction of sp³-hybridized carbons (Fsp3) is 0.435. The van der Waals surface area contributed by atoms with Crippen LogP contribution in [0.15, 0.2) is 48.5 Å². The first-order valence-electron chi connectivity index (χ1n) is 9.98. The highest BCUT2D eigenvalue weighted by Crippen LogP contribution is 2.40. The molecule has 2 atom stereocenters. The van der Waals surface area contributed by atoms with E-state index in [1.54, 1.807) is 11.8 Å². The third-order valence-corrected chi connectivity index (χ3v) is 6.64. The summed E-state index contributed by atoms with van der Waals surface area (Å²) in [6, 6.07) is 16.5. The van der Waals surface area contributed by atoms with Gasteiger partial charge in [0.15, 0.2) is 6.54 Å². The number of thioether (sulfide) groups is 1. The Morgan fingerprint density at radius 2 is 1.93 bits per heavy atom. The lowest BCUT2D eigenvalue weighted by molar-refractivity contribution is -0.909. The monoisotopic (exact) mass is 417 g/mol. The van der Waals surface area contributed by atoms with Gasteiger partial charge in [-0.2, -0.15) is 0 Å². The van der Waals surface area contributed by atoms with Crippen molar-refractivity contribution < 1.29 is 9.69 Å². The zero-order valence-electron chi connectivity index (χ0n) is 17.0. The molecular formula is C23H30ClN2OS+. The molecule has 1 aliphatic rings. The van der Waals surface area contributed by atoms with E-state index < -0.39 is 0 Å². The molecule has 2 aromatic carbocycles. The predicted molar refractivity (Wildman–Crippen MR) is 119 cm³/mol. The molecule has 0 bridgehead atoms. The van der Waals surface area contributed by atoms with Crippen LogP contribution in [0.4, 0.5) is 0 Å². The molecule has 2 aromatic rings. The fourth-order valence-electron chi connectivity index (χ4n) is 3.75. The highest BCUT2D eigenvalue weighted by Gasteiger charge is 2.33. The number of rotatable bonds is 7. The Bertz CT molecular complexity index is 793. The van der Waals surface area contributed by atoms with Crippen molar-refractivity contribution in [2.24, 2.45) is 5.92 Å². The third kappa shape index (κ3) is 5.53. The first kappa shape index (κ1) is 21.2. The van der Waals surface area contributed by atoms with Crippen molar-refractivity contribution in [2.75, 3.05) is 25.4 Å².